The van der Waals surface area contributed by atoms with Gasteiger partial charge in [0.2, 0.25) is 0 Å². The molecule has 0 unspecified atom stereocenters. The molecule has 7 heteroatoms. The van der Waals surface area contributed by atoms with Gasteiger partial charge in [-0.2, -0.15) is 0 Å². The molecule has 3 rings (SSSR count). The lowest BCUT2D eigenvalue weighted by Crippen LogP contribution is -2.25. The highest BCUT2D eigenvalue weighted by Gasteiger charge is 2.12. The third-order valence-corrected chi connectivity index (χ3v) is 4.39. The van der Waals surface area contributed by atoms with Gasteiger partial charge >= 0.3 is 0 Å². The molecule has 1 heterocycles. The molecular formula is C21H17ClFN3O2. The molecule has 0 spiro atoms. The number of carbonyl (C=O) groups excluding carboxylic acids is 2. The van der Waals surface area contributed by atoms with Crippen LogP contribution in [0.4, 0.5) is 4.39 Å². The van der Waals surface area contributed by atoms with Crippen molar-refractivity contribution in [1.82, 2.24) is 15.6 Å². The van der Waals surface area contributed by atoms with Crippen molar-refractivity contribution in [3.05, 3.63) is 100 Å². The largest absolute Gasteiger partial charge is 0.348 e. The Bertz CT molecular complexity index is 993. The molecule has 3 aromatic rings. The number of benzene rings is 2. The minimum atomic E-state index is -0.377. The lowest BCUT2D eigenvalue weighted by atomic mass is 10.1. The van der Waals surface area contributed by atoms with Gasteiger partial charge in [0.05, 0.1) is 11.1 Å². The maximum atomic E-state index is 12.9. The van der Waals surface area contributed by atoms with Crippen molar-refractivity contribution < 1.29 is 14.0 Å². The van der Waals surface area contributed by atoms with Gasteiger partial charge in [-0.15, -0.1) is 0 Å². The normalized spacial score (nSPS) is 10.4. The first-order valence-corrected chi connectivity index (χ1v) is 8.90. The van der Waals surface area contributed by atoms with Crippen LogP contribution in [0.1, 0.15) is 31.8 Å². The van der Waals surface area contributed by atoms with Crippen molar-refractivity contribution in [2.24, 2.45) is 0 Å². The summed E-state index contributed by atoms with van der Waals surface area (Å²) in [6.07, 6.45) is 2.77. The van der Waals surface area contributed by atoms with Crippen LogP contribution < -0.4 is 10.6 Å². The summed E-state index contributed by atoms with van der Waals surface area (Å²) in [6, 6.07) is 14.5. The fourth-order valence-electron chi connectivity index (χ4n) is 2.49. The molecule has 0 radical (unpaired) electrons. The van der Waals surface area contributed by atoms with E-state index in [2.05, 4.69) is 15.6 Å². The van der Waals surface area contributed by atoms with Crippen molar-refractivity contribution >= 4 is 23.4 Å². The van der Waals surface area contributed by atoms with Crippen LogP contribution >= 0.6 is 11.6 Å². The molecule has 0 aliphatic rings. The van der Waals surface area contributed by atoms with Crippen molar-refractivity contribution in [3.63, 3.8) is 0 Å². The second-order valence-electron chi connectivity index (χ2n) is 6.05. The Morgan fingerprint density at radius 2 is 1.50 bits per heavy atom. The average Bonchev–Trinajstić information content (AvgIpc) is 2.72. The molecule has 142 valence electrons. The van der Waals surface area contributed by atoms with Gasteiger partial charge in [0.15, 0.2) is 0 Å². The van der Waals surface area contributed by atoms with Gasteiger partial charge < -0.3 is 10.6 Å². The van der Waals surface area contributed by atoms with Crippen LogP contribution in [0.3, 0.4) is 0 Å². The Kier molecular flexibility index (Phi) is 6.34. The number of carbonyl (C=O) groups is 2. The summed E-state index contributed by atoms with van der Waals surface area (Å²) >= 11 is 6.08. The van der Waals surface area contributed by atoms with Gasteiger partial charge in [-0.3, -0.25) is 14.6 Å². The summed E-state index contributed by atoms with van der Waals surface area (Å²) in [6.45, 7) is 0.502. The number of aromatic nitrogens is 1. The number of nitrogens with zero attached hydrogens (tertiary/aromatic N) is 1. The number of pyridine rings is 1. The molecule has 0 aliphatic heterocycles. The zero-order chi connectivity index (χ0) is 19.9. The molecule has 2 amide bonds. The smallest absolute Gasteiger partial charge is 0.253 e. The third-order valence-electron chi connectivity index (χ3n) is 4.03. The molecule has 28 heavy (non-hydrogen) atoms. The van der Waals surface area contributed by atoms with Crippen molar-refractivity contribution in [2.45, 2.75) is 13.1 Å². The van der Waals surface area contributed by atoms with Crippen LogP contribution in [0.5, 0.6) is 0 Å². The molecule has 0 bridgehead atoms. The molecule has 1 aromatic heterocycles. The highest BCUT2D eigenvalue weighted by atomic mass is 35.5. The van der Waals surface area contributed by atoms with Gasteiger partial charge in [-0.05, 0) is 35.4 Å². The molecule has 0 aliphatic carbocycles. The van der Waals surface area contributed by atoms with E-state index in [0.29, 0.717) is 5.02 Å². The molecular weight excluding hydrogens is 381 g/mol. The summed E-state index contributed by atoms with van der Waals surface area (Å²) in [5.41, 5.74) is 2.07. The van der Waals surface area contributed by atoms with Gasteiger partial charge in [-0.25, -0.2) is 4.39 Å². The summed E-state index contributed by atoms with van der Waals surface area (Å²) in [5, 5.41) is 6.04. The summed E-state index contributed by atoms with van der Waals surface area (Å²) in [4.78, 5) is 28.6. The number of hydrogen-bond acceptors (Lipinski definition) is 3. The van der Waals surface area contributed by atoms with Gasteiger partial charge in [0.25, 0.3) is 11.8 Å². The third kappa shape index (κ3) is 5.14. The summed E-state index contributed by atoms with van der Waals surface area (Å²) in [7, 11) is 0. The maximum Gasteiger partial charge on any atom is 0.253 e. The number of nitrogens with one attached hydrogen (secondary N) is 2. The Labute approximate surface area is 166 Å². The first-order valence-electron chi connectivity index (χ1n) is 8.52. The second kappa shape index (κ2) is 9.10. The van der Waals surface area contributed by atoms with Gasteiger partial charge in [0.1, 0.15) is 5.82 Å². The Balaban J connectivity index is 1.60. The van der Waals surface area contributed by atoms with E-state index < -0.39 is 0 Å². The summed E-state index contributed by atoms with van der Waals surface area (Å²) in [5.74, 6) is -1.08. The van der Waals surface area contributed by atoms with E-state index in [1.54, 1.807) is 18.2 Å². The Hall–Kier alpha value is -3.25. The highest BCUT2D eigenvalue weighted by molar-refractivity contribution is 6.31. The van der Waals surface area contributed by atoms with E-state index in [1.165, 1.54) is 30.6 Å². The first-order chi connectivity index (χ1) is 13.5. The van der Waals surface area contributed by atoms with E-state index in [1.807, 2.05) is 18.2 Å². The molecule has 0 atom stereocenters. The van der Waals surface area contributed by atoms with Crippen LogP contribution in [-0.4, -0.2) is 16.8 Å². The Morgan fingerprint density at radius 1 is 0.893 bits per heavy atom. The van der Waals surface area contributed by atoms with Crippen LogP contribution in [0.2, 0.25) is 5.02 Å². The molecule has 2 aromatic carbocycles. The molecule has 0 fully saturated rings. The van der Waals surface area contributed by atoms with E-state index in [9.17, 15) is 14.0 Å². The van der Waals surface area contributed by atoms with E-state index in [4.69, 9.17) is 11.6 Å². The zero-order valence-corrected chi connectivity index (χ0v) is 15.5. The fourth-order valence-corrected chi connectivity index (χ4v) is 2.70. The number of halogens is 2. The molecule has 2 N–H and O–H groups in total. The van der Waals surface area contributed by atoms with E-state index in [-0.39, 0.29) is 41.8 Å². The minimum absolute atomic E-state index is 0.238. The quantitative estimate of drug-likeness (QED) is 0.665. The van der Waals surface area contributed by atoms with Crippen LogP contribution in [0.15, 0.2) is 67.0 Å². The fraction of sp³-hybridized carbons (Fsp3) is 0.0952. The van der Waals surface area contributed by atoms with Crippen molar-refractivity contribution in [1.29, 1.82) is 0 Å². The van der Waals surface area contributed by atoms with Crippen LogP contribution in [0.25, 0.3) is 0 Å². The average molecular weight is 398 g/mol. The van der Waals surface area contributed by atoms with Crippen LogP contribution in [0, 0.1) is 5.82 Å². The zero-order valence-electron chi connectivity index (χ0n) is 14.8. The van der Waals surface area contributed by atoms with Crippen molar-refractivity contribution in [3.8, 4) is 0 Å². The first kappa shape index (κ1) is 19.5. The number of hydrogen-bond donors (Lipinski definition) is 2. The summed E-state index contributed by atoms with van der Waals surface area (Å²) < 4.78 is 12.9. The lowest BCUT2D eigenvalue weighted by Gasteiger charge is -2.09. The number of amides is 2. The van der Waals surface area contributed by atoms with Gasteiger partial charge in [-0.1, -0.05) is 41.9 Å². The monoisotopic (exact) mass is 397 g/mol. The topological polar surface area (TPSA) is 71.1 Å². The molecule has 0 saturated heterocycles. The van der Waals surface area contributed by atoms with Gasteiger partial charge in [0, 0.05) is 30.5 Å². The highest BCUT2D eigenvalue weighted by Crippen LogP contribution is 2.14. The number of rotatable bonds is 6. The molecule has 5 nitrogen and oxygen atoms in total. The maximum absolute atomic E-state index is 12.9. The SMILES string of the molecule is O=C(NCc1ccc(F)cc1)c1cncc(C(=O)NCc2ccccc2Cl)c1. The van der Waals surface area contributed by atoms with E-state index in [0.717, 1.165) is 11.1 Å². The second-order valence-corrected chi connectivity index (χ2v) is 6.45. The van der Waals surface area contributed by atoms with Crippen LogP contribution in [-0.2, 0) is 13.1 Å². The standard InChI is InChI=1S/C21H17ClFN3O2/c22-19-4-2-1-3-15(19)13-26-21(28)17-9-16(11-24-12-17)20(27)25-10-14-5-7-18(23)8-6-14/h1-9,11-12H,10,13H2,(H,25,27)(H,26,28). The molecule has 0 saturated carbocycles. The minimum Gasteiger partial charge on any atom is -0.348 e. The predicted octanol–water partition coefficient (Wildman–Crippen LogP) is 3.73. The van der Waals surface area contributed by atoms with Crippen molar-refractivity contribution in [2.75, 3.05) is 0 Å². The lowest BCUT2D eigenvalue weighted by molar-refractivity contribution is 0.0950. The predicted molar refractivity (Wildman–Crippen MR) is 104 cm³/mol. The Morgan fingerprint density at radius 3 is 2.14 bits per heavy atom. The van der Waals surface area contributed by atoms with E-state index >= 15 is 0 Å².